The Morgan fingerprint density at radius 3 is 1.07 bits per heavy atom. The van der Waals surface area contributed by atoms with E-state index in [1.807, 2.05) is 36.5 Å². The van der Waals surface area contributed by atoms with Crippen molar-refractivity contribution in [3.63, 3.8) is 0 Å². The highest BCUT2D eigenvalue weighted by Crippen LogP contribution is 2.67. The van der Waals surface area contributed by atoms with Crippen molar-refractivity contribution in [2.45, 2.75) is 233 Å². The highest BCUT2D eigenvalue weighted by atomic mass is 32.1. The monoisotopic (exact) mass is 1420 g/mol. The molecule has 0 unspecified atom stereocenters. The van der Waals surface area contributed by atoms with E-state index in [-0.39, 0.29) is 10.7 Å². The van der Waals surface area contributed by atoms with Crippen LogP contribution in [0.3, 0.4) is 0 Å². The number of carbonyl (C=O) groups excluding carboxylic acids is 1. The molecule has 0 bridgehead atoms. The van der Waals surface area contributed by atoms with Crippen LogP contribution in [0.15, 0.2) is 121 Å². The fourth-order valence-electron chi connectivity index (χ4n) is 16.1. The van der Waals surface area contributed by atoms with Crippen molar-refractivity contribution in [3.05, 3.63) is 219 Å². The highest BCUT2D eigenvalue weighted by molar-refractivity contribution is 7.31. The quantitative estimate of drug-likeness (QED) is 0.0297. The third-order valence-electron chi connectivity index (χ3n) is 21.4. The van der Waals surface area contributed by atoms with Crippen molar-refractivity contribution in [1.82, 2.24) is 0 Å². The molecule has 2 nitrogen and oxygen atoms in total. The Morgan fingerprint density at radius 2 is 0.694 bits per heavy atom. The third kappa shape index (κ3) is 13.4. The van der Waals surface area contributed by atoms with Gasteiger partial charge in [-0.3, -0.25) is 0 Å². The summed E-state index contributed by atoms with van der Waals surface area (Å²) in [5.74, 6) is -1.11. The molecule has 0 saturated heterocycles. The van der Waals surface area contributed by atoms with Gasteiger partial charge in [0.05, 0.1) is 36.6 Å². The van der Waals surface area contributed by atoms with E-state index in [1.54, 1.807) is 34.0 Å². The largest absolute Gasteiger partial charge is 0.461 e. The lowest BCUT2D eigenvalue weighted by Crippen LogP contribution is -2.30. The van der Waals surface area contributed by atoms with Crippen molar-refractivity contribution in [2.24, 2.45) is 0 Å². The van der Waals surface area contributed by atoms with E-state index in [4.69, 9.17) is 4.74 Å². The second-order valence-electron chi connectivity index (χ2n) is 28.2. The predicted molar refractivity (Wildman–Crippen MR) is 423 cm³/mol. The lowest BCUT2D eigenvalue weighted by atomic mass is 9.65. The van der Waals surface area contributed by atoms with Gasteiger partial charge in [0.2, 0.25) is 0 Å². The van der Waals surface area contributed by atoms with Crippen LogP contribution in [0.5, 0.6) is 0 Å². The molecule has 10 heteroatoms. The Kier molecular flexibility index (Phi) is 22.7. The minimum atomic E-state index is -0.763. The fourth-order valence-corrected chi connectivity index (χ4v) is 23.8. The summed E-state index contributed by atoms with van der Waals surface area (Å²) >= 11 is 9.97. The molecule has 98 heavy (non-hydrogen) atoms. The van der Waals surface area contributed by atoms with Crippen LogP contribution in [-0.4, -0.2) is 12.6 Å². The summed E-state index contributed by atoms with van der Waals surface area (Å²) < 4.78 is 41.1. The van der Waals surface area contributed by atoms with Crippen LogP contribution in [0, 0.1) is 32.4 Å². The molecule has 13 rings (SSSR count). The molecule has 6 heterocycles. The summed E-state index contributed by atoms with van der Waals surface area (Å²) in [7, 11) is 0. The molecule has 0 amide bonds. The van der Waals surface area contributed by atoms with Crippen LogP contribution in [0.4, 0.5) is 8.78 Å². The summed E-state index contributed by atoms with van der Waals surface area (Å²) in [6, 6.07) is 49.2. The normalized spacial score (nSPS) is 13.5. The second-order valence-corrected chi connectivity index (χ2v) is 35.0. The van der Waals surface area contributed by atoms with E-state index in [0.29, 0.717) is 12.0 Å². The van der Waals surface area contributed by atoms with Crippen LogP contribution in [-0.2, 0) is 41.3 Å². The van der Waals surface area contributed by atoms with Gasteiger partial charge < -0.3 is 4.74 Å². The van der Waals surface area contributed by atoms with Crippen molar-refractivity contribution < 1.29 is 18.3 Å². The average molecular weight is 1420 g/mol. The Morgan fingerprint density at radius 1 is 0.357 bits per heavy atom. The molecule has 2 aliphatic carbocycles. The number of hydrogen-bond donors (Lipinski definition) is 0. The molecule has 2 aliphatic rings. The van der Waals surface area contributed by atoms with Gasteiger partial charge in [-0.2, -0.15) is 0 Å². The summed E-state index contributed by atoms with van der Waals surface area (Å²) in [5, 5.41) is 1.31. The number of benzene rings is 5. The lowest BCUT2D eigenvalue weighted by molar-refractivity contribution is 0.0499. The number of esters is 1. The molecule has 0 saturated carbocycles. The molecular weight excluding hydrogens is 1320 g/mol. The third-order valence-corrected chi connectivity index (χ3v) is 28.8. The van der Waals surface area contributed by atoms with E-state index >= 15 is 8.78 Å². The van der Waals surface area contributed by atoms with E-state index in [1.165, 1.54) is 213 Å². The molecule has 0 N–H and O–H groups in total. The lowest BCUT2D eigenvalue weighted by Gasteiger charge is -2.35. The number of unbranched alkanes of at least 4 members (excludes halogenated alkanes) is 17. The number of aryl methyl sites for hydroxylation is 7. The summed E-state index contributed by atoms with van der Waals surface area (Å²) in [5.41, 5.74) is 16.5. The molecule has 0 aliphatic heterocycles. The van der Waals surface area contributed by atoms with Crippen molar-refractivity contribution in [3.8, 4) is 40.4 Å². The van der Waals surface area contributed by atoms with Gasteiger partial charge in [-0.05, 0) is 181 Å². The van der Waals surface area contributed by atoms with Gasteiger partial charge in [0, 0.05) is 44.9 Å². The number of thiophene rings is 6. The van der Waals surface area contributed by atoms with Gasteiger partial charge >= 0.3 is 5.97 Å². The van der Waals surface area contributed by atoms with Gasteiger partial charge in [-0.15, -0.1) is 68.0 Å². The molecule has 11 aromatic rings. The minimum Gasteiger partial charge on any atom is -0.461 e. The Bertz CT molecular complexity index is 4430. The maximum atomic E-state index is 17.1. The van der Waals surface area contributed by atoms with E-state index in [2.05, 4.69) is 163 Å². The van der Waals surface area contributed by atoms with Crippen LogP contribution < -0.4 is 0 Å². The zero-order chi connectivity index (χ0) is 68.1. The number of hydrogen-bond acceptors (Lipinski definition) is 8. The van der Waals surface area contributed by atoms with Crippen molar-refractivity contribution in [2.75, 3.05) is 6.61 Å². The van der Waals surface area contributed by atoms with Gasteiger partial charge in [-0.25, -0.2) is 13.6 Å². The maximum absolute atomic E-state index is 17.1. The fraction of sp³-hybridized carbons (Fsp3) is 0.420. The molecule has 0 atom stereocenters. The van der Waals surface area contributed by atoms with Crippen LogP contribution in [0.1, 0.15) is 267 Å². The van der Waals surface area contributed by atoms with E-state index < -0.39 is 22.6 Å². The molecule has 0 radical (unpaired) electrons. The first-order chi connectivity index (χ1) is 47.9. The summed E-state index contributed by atoms with van der Waals surface area (Å²) in [6.07, 6.45) is 30.0. The van der Waals surface area contributed by atoms with E-state index in [0.717, 1.165) is 102 Å². The predicted octanol–water partition coefficient (Wildman–Crippen LogP) is 28.6. The number of carbonyl (C=O) groups is 1. The van der Waals surface area contributed by atoms with Gasteiger partial charge in [0.15, 0.2) is 5.82 Å². The Balaban J connectivity index is 1.06. The van der Waals surface area contributed by atoms with Crippen molar-refractivity contribution in [1.29, 1.82) is 0 Å². The number of halogens is 2. The highest BCUT2D eigenvalue weighted by Gasteiger charge is 2.53. The molecule has 5 aromatic carbocycles. The Labute approximate surface area is 607 Å². The van der Waals surface area contributed by atoms with Crippen LogP contribution >= 0.6 is 68.0 Å². The molecule has 0 fully saturated rings. The average Bonchev–Trinajstić information content (AvgIpc) is 1.50. The summed E-state index contributed by atoms with van der Waals surface area (Å²) in [6.45, 7) is 17.7. The molecule has 0 spiro atoms. The first-order valence-electron chi connectivity index (χ1n) is 37.3. The van der Waals surface area contributed by atoms with Crippen LogP contribution in [0.25, 0.3) is 60.6 Å². The molecule has 6 aromatic heterocycles. The zero-order valence-corrected chi connectivity index (χ0v) is 64.1. The standard InChI is InChI=1S/C88H98F2O2S6/c1-9-14-19-24-25-30-51-92-86(91)85-78(90)76-57(7)94-82(84(76)98-85)74-55-72-80(97-74)68-53-69-67(52-70(68)88(72,65-47-39-61(40-48-65)33-28-22-17-12-4)66-49-41-62(42-50-66)34-29-23-18-13-5)79-71(54-73(96-79)81-83-75(56(6)93-81)77(89)58(8)95-83)87(69,63-43-35-59(36-44-63)31-26-20-15-10-2)64-45-37-60(38-46-64)32-27-21-16-11-3/h35-50,52-55H,9-34,51H2,1-8H3. The maximum Gasteiger partial charge on any atom is 0.351 e. The first kappa shape index (κ1) is 70.6. The zero-order valence-electron chi connectivity index (χ0n) is 59.2. The smallest absolute Gasteiger partial charge is 0.351 e. The van der Waals surface area contributed by atoms with Gasteiger partial charge in [-0.1, -0.05) is 241 Å². The molecular formula is C88H98F2O2S6. The first-order valence-corrected chi connectivity index (χ1v) is 42.2. The van der Waals surface area contributed by atoms with Gasteiger partial charge in [0.25, 0.3) is 0 Å². The van der Waals surface area contributed by atoms with Crippen LogP contribution in [0.2, 0.25) is 0 Å². The minimum absolute atomic E-state index is 0.0689. The number of rotatable bonds is 34. The number of fused-ring (bicyclic) bond motifs is 8. The summed E-state index contributed by atoms with van der Waals surface area (Å²) in [4.78, 5) is 23.6. The topological polar surface area (TPSA) is 26.3 Å². The number of ether oxygens (including phenoxy) is 1. The SMILES string of the molecule is CCCCCCCCOC(=O)c1sc2c(-c3cc4c(s3)-c3cc5c(cc3C4(c3ccc(CCCCCC)cc3)c3ccc(CCCCCC)cc3)-c3sc(-c4sc(C)c6c(F)c(C)sc46)cc3C5(c3ccc(CCCCCC)cc3)c3ccc(CCCCCC)cc3)sc(C)c2c1F. The second kappa shape index (κ2) is 31.6. The Hall–Kier alpha value is -5.85. The van der Waals surface area contributed by atoms with Crippen molar-refractivity contribution >= 4 is 94.2 Å². The van der Waals surface area contributed by atoms with Gasteiger partial charge in [0.1, 0.15) is 10.7 Å². The van der Waals surface area contributed by atoms with E-state index in [9.17, 15) is 4.79 Å². The molecule has 512 valence electrons.